The molecule has 0 aliphatic carbocycles. The number of aromatic nitrogens is 1. The van der Waals surface area contributed by atoms with E-state index in [4.69, 9.17) is 38.0 Å². The lowest BCUT2D eigenvalue weighted by molar-refractivity contribution is 0.0977. The summed E-state index contributed by atoms with van der Waals surface area (Å²) < 4.78 is 16.4. The summed E-state index contributed by atoms with van der Waals surface area (Å²) in [4.78, 5) is 16.9. The number of carbonyl (C=O) groups excluding carboxylic acids is 1. The zero-order chi connectivity index (χ0) is 20.3. The number of fused-ring (bicyclic) bond motifs is 1. The number of halogens is 1. The second-order valence-electron chi connectivity index (χ2n) is 5.48. The molecule has 1 aromatic heterocycles. The topological polar surface area (TPSA) is 81.7 Å². The Balaban J connectivity index is 1.73. The van der Waals surface area contributed by atoms with Crippen LogP contribution < -0.4 is 24.8 Å². The third kappa shape index (κ3) is 4.44. The number of rotatable bonds is 5. The molecule has 0 spiro atoms. The minimum atomic E-state index is -0.402. The molecule has 2 aromatic carbocycles. The Hall–Kier alpha value is -2.62. The molecular formula is C18H16ClN3O4S2. The van der Waals surface area contributed by atoms with Gasteiger partial charge in [0, 0.05) is 17.7 Å². The molecular weight excluding hydrogens is 422 g/mol. The number of thiazole rings is 1. The van der Waals surface area contributed by atoms with Gasteiger partial charge in [-0.3, -0.25) is 10.1 Å². The summed E-state index contributed by atoms with van der Waals surface area (Å²) in [5.41, 5.74) is 1.05. The lowest BCUT2D eigenvalue weighted by Crippen LogP contribution is -2.34. The molecule has 1 heterocycles. The lowest BCUT2D eigenvalue weighted by atomic mass is 10.2. The van der Waals surface area contributed by atoms with E-state index in [1.807, 2.05) is 0 Å². The van der Waals surface area contributed by atoms with Gasteiger partial charge in [-0.1, -0.05) is 22.9 Å². The van der Waals surface area contributed by atoms with Crippen LogP contribution >= 0.6 is 35.2 Å². The number of methoxy groups -OCH3 is 3. The number of carbonyl (C=O) groups is 1. The van der Waals surface area contributed by atoms with E-state index in [-0.39, 0.29) is 5.11 Å². The zero-order valence-corrected chi connectivity index (χ0v) is 17.6. The highest BCUT2D eigenvalue weighted by Gasteiger charge is 2.14. The quantitative estimate of drug-likeness (QED) is 0.581. The third-order valence-electron chi connectivity index (χ3n) is 3.72. The molecule has 0 unspecified atom stereocenters. The molecule has 10 heteroatoms. The maximum absolute atomic E-state index is 12.5. The second-order valence-corrected chi connectivity index (χ2v) is 7.33. The zero-order valence-electron chi connectivity index (χ0n) is 15.2. The van der Waals surface area contributed by atoms with Gasteiger partial charge in [0.25, 0.3) is 5.91 Å². The van der Waals surface area contributed by atoms with Gasteiger partial charge >= 0.3 is 0 Å². The Morgan fingerprint density at radius 3 is 2.36 bits per heavy atom. The minimum absolute atomic E-state index is 0.115. The molecule has 7 nitrogen and oxygen atoms in total. The SMILES string of the molecule is COc1cc(OC)cc(C(=O)NC(=S)Nc2nc3cc(Cl)c(OC)cc3s2)c1. The Morgan fingerprint density at radius 1 is 1.07 bits per heavy atom. The molecule has 0 aliphatic rings. The molecule has 28 heavy (non-hydrogen) atoms. The first-order valence-electron chi connectivity index (χ1n) is 7.93. The number of ether oxygens (including phenoxy) is 3. The molecule has 0 bridgehead atoms. The maximum Gasteiger partial charge on any atom is 0.257 e. The monoisotopic (exact) mass is 437 g/mol. The first-order valence-corrected chi connectivity index (χ1v) is 9.53. The fourth-order valence-corrected chi connectivity index (χ4v) is 3.75. The van der Waals surface area contributed by atoms with E-state index in [0.29, 0.717) is 38.5 Å². The van der Waals surface area contributed by atoms with Crippen LogP contribution in [-0.2, 0) is 0 Å². The van der Waals surface area contributed by atoms with Gasteiger partial charge in [-0.2, -0.15) is 0 Å². The number of amides is 1. The molecule has 2 N–H and O–H groups in total. The highest BCUT2D eigenvalue weighted by Crippen LogP contribution is 2.34. The van der Waals surface area contributed by atoms with Crippen LogP contribution in [0.25, 0.3) is 10.2 Å². The summed E-state index contributed by atoms with van der Waals surface area (Å²) in [5.74, 6) is 1.16. The first kappa shape index (κ1) is 20.1. The van der Waals surface area contributed by atoms with Gasteiger partial charge in [-0.05, 0) is 30.4 Å². The number of anilines is 1. The van der Waals surface area contributed by atoms with E-state index in [1.165, 1.54) is 25.6 Å². The number of nitrogens with zero attached hydrogens (tertiary/aromatic N) is 1. The average Bonchev–Trinajstić information content (AvgIpc) is 3.07. The molecule has 146 valence electrons. The van der Waals surface area contributed by atoms with Crippen LogP contribution in [0.4, 0.5) is 5.13 Å². The van der Waals surface area contributed by atoms with Gasteiger partial charge in [-0.25, -0.2) is 4.98 Å². The minimum Gasteiger partial charge on any atom is -0.497 e. The van der Waals surface area contributed by atoms with Gasteiger partial charge in [0.2, 0.25) is 0 Å². The molecule has 1 amide bonds. The predicted octanol–water partition coefficient (Wildman–Crippen LogP) is 4.10. The molecule has 0 saturated heterocycles. The van der Waals surface area contributed by atoms with E-state index < -0.39 is 5.91 Å². The Morgan fingerprint density at radius 2 is 1.75 bits per heavy atom. The van der Waals surface area contributed by atoms with Crippen molar-refractivity contribution in [1.29, 1.82) is 0 Å². The van der Waals surface area contributed by atoms with E-state index in [0.717, 1.165) is 4.70 Å². The summed E-state index contributed by atoms with van der Waals surface area (Å²) in [7, 11) is 4.57. The smallest absolute Gasteiger partial charge is 0.257 e. The fraction of sp³-hybridized carbons (Fsp3) is 0.167. The molecule has 3 rings (SSSR count). The second kappa shape index (κ2) is 8.59. The normalized spacial score (nSPS) is 10.4. The van der Waals surface area contributed by atoms with Crippen molar-refractivity contribution in [2.24, 2.45) is 0 Å². The number of hydrogen-bond donors (Lipinski definition) is 2. The number of hydrogen-bond acceptors (Lipinski definition) is 7. The summed E-state index contributed by atoms with van der Waals surface area (Å²) >= 11 is 12.7. The van der Waals surface area contributed by atoms with Crippen molar-refractivity contribution >= 4 is 61.5 Å². The van der Waals surface area contributed by atoms with E-state index in [9.17, 15) is 4.79 Å². The van der Waals surface area contributed by atoms with Gasteiger partial charge in [-0.15, -0.1) is 0 Å². The van der Waals surface area contributed by atoms with Crippen molar-refractivity contribution in [1.82, 2.24) is 10.3 Å². The molecule has 0 radical (unpaired) electrons. The van der Waals surface area contributed by atoms with Gasteiger partial charge < -0.3 is 19.5 Å². The van der Waals surface area contributed by atoms with Gasteiger partial charge in [0.15, 0.2) is 10.2 Å². The third-order valence-corrected chi connectivity index (χ3v) is 5.16. The number of thiocarbonyl (C=S) groups is 1. The van der Waals surface area contributed by atoms with Crippen molar-refractivity contribution in [3.8, 4) is 17.2 Å². The fourth-order valence-electron chi connectivity index (χ4n) is 2.38. The van der Waals surface area contributed by atoms with Crippen molar-refractivity contribution in [2.75, 3.05) is 26.6 Å². The Kier molecular flexibility index (Phi) is 6.18. The van der Waals surface area contributed by atoms with Crippen LogP contribution in [0.2, 0.25) is 5.02 Å². The number of benzene rings is 2. The van der Waals surface area contributed by atoms with E-state index in [1.54, 1.807) is 37.4 Å². The Bertz CT molecular complexity index is 1030. The van der Waals surface area contributed by atoms with Crippen LogP contribution in [0.15, 0.2) is 30.3 Å². The lowest BCUT2D eigenvalue weighted by Gasteiger charge is -2.10. The largest absolute Gasteiger partial charge is 0.497 e. The predicted molar refractivity (Wildman–Crippen MR) is 114 cm³/mol. The molecule has 3 aromatic rings. The summed E-state index contributed by atoms with van der Waals surface area (Å²) in [5, 5.41) is 6.62. The van der Waals surface area contributed by atoms with Crippen LogP contribution in [-0.4, -0.2) is 37.3 Å². The highest BCUT2D eigenvalue weighted by atomic mass is 35.5. The highest BCUT2D eigenvalue weighted by molar-refractivity contribution is 7.80. The van der Waals surface area contributed by atoms with Crippen molar-refractivity contribution < 1.29 is 19.0 Å². The first-order chi connectivity index (χ1) is 13.4. The van der Waals surface area contributed by atoms with E-state index >= 15 is 0 Å². The number of nitrogens with one attached hydrogen (secondary N) is 2. The van der Waals surface area contributed by atoms with Crippen LogP contribution in [0.1, 0.15) is 10.4 Å². The van der Waals surface area contributed by atoms with Crippen LogP contribution in [0.5, 0.6) is 17.2 Å². The van der Waals surface area contributed by atoms with Crippen molar-refractivity contribution in [3.05, 3.63) is 40.9 Å². The molecule has 0 atom stereocenters. The summed E-state index contributed by atoms with van der Waals surface area (Å²) in [6, 6.07) is 8.36. The van der Waals surface area contributed by atoms with E-state index in [2.05, 4.69) is 15.6 Å². The van der Waals surface area contributed by atoms with Crippen molar-refractivity contribution in [3.63, 3.8) is 0 Å². The summed E-state index contributed by atoms with van der Waals surface area (Å²) in [6.45, 7) is 0. The van der Waals surface area contributed by atoms with Crippen LogP contribution in [0, 0.1) is 0 Å². The molecule has 0 fully saturated rings. The van der Waals surface area contributed by atoms with Crippen LogP contribution in [0.3, 0.4) is 0 Å². The molecule has 0 aliphatic heterocycles. The van der Waals surface area contributed by atoms with Crippen molar-refractivity contribution in [2.45, 2.75) is 0 Å². The maximum atomic E-state index is 12.5. The average molecular weight is 438 g/mol. The molecule has 0 saturated carbocycles. The summed E-state index contributed by atoms with van der Waals surface area (Å²) in [6.07, 6.45) is 0. The Labute approximate surface area is 175 Å². The van der Waals surface area contributed by atoms with Gasteiger partial charge in [0.1, 0.15) is 17.2 Å². The standard InChI is InChI=1S/C18H16ClN3O4S2/c1-24-10-4-9(5-11(6-10)25-2)16(23)21-17(27)22-18-20-13-7-12(19)14(26-3)8-15(13)28-18/h4-8H,1-3H3,(H2,20,21,22,23,27). The van der Waals surface area contributed by atoms with Gasteiger partial charge in [0.05, 0.1) is 36.6 Å².